The molecule has 0 radical (unpaired) electrons. The molecular weight excluding hydrogens is 781 g/mol. The van der Waals surface area contributed by atoms with Crippen molar-refractivity contribution in [1.82, 2.24) is 0 Å². The average Bonchev–Trinajstić information content (AvgIpc) is 3.27. The molecule has 0 rings (SSSR count). The fourth-order valence-corrected chi connectivity index (χ4v) is 8.66. The van der Waals surface area contributed by atoms with Crippen LogP contribution < -0.4 is 0 Å². The van der Waals surface area contributed by atoms with Gasteiger partial charge >= 0.3 is 17.9 Å². The lowest BCUT2D eigenvalue weighted by atomic mass is 9.99. The third kappa shape index (κ3) is 49.7. The van der Waals surface area contributed by atoms with Crippen molar-refractivity contribution in [2.75, 3.05) is 13.2 Å². The van der Waals surface area contributed by atoms with E-state index < -0.39 is 6.10 Å². The summed E-state index contributed by atoms with van der Waals surface area (Å²) in [4.78, 5) is 38.0. The first kappa shape index (κ1) is 61.4. The maximum Gasteiger partial charge on any atom is 0.306 e. The van der Waals surface area contributed by atoms with Gasteiger partial charge in [-0.1, -0.05) is 279 Å². The van der Waals surface area contributed by atoms with Gasteiger partial charge in [0, 0.05) is 19.3 Å². The third-order valence-corrected chi connectivity index (χ3v) is 13.3. The normalized spacial score (nSPS) is 12.5. The van der Waals surface area contributed by atoms with Crippen LogP contribution in [-0.2, 0) is 28.6 Å². The number of ether oxygens (including phenoxy) is 3. The summed E-state index contributed by atoms with van der Waals surface area (Å²) < 4.78 is 16.9. The van der Waals surface area contributed by atoms with Crippen LogP contribution >= 0.6 is 0 Å². The van der Waals surface area contributed by atoms with Crippen molar-refractivity contribution < 1.29 is 28.6 Å². The van der Waals surface area contributed by atoms with E-state index >= 15 is 0 Å². The van der Waals surface area contributed by atoms with Gasteiger partial charge in [-0.15, -0.1) is 0 Å². The van der Waals surface area contributed by atoms with E-state index in [2.05, 4.69) is 34.6 Å². The van der Waals surface area contributed by atoms with Crippen molar-refractivity contribution in [3.05, 3.63) is 0 Å². The molecule has 0 aliphatic heterocycles. The molecule has 0 saturated carbocycles. The minimum Gasteiger partial charge on any atom is -0.462 e. The lowest BCUT2D eigenvalue weighted by molar-refractivity contribution is -0.167. The van der Waals surface area contributed by atoms with E-state index in [0.717, 1.165) is 69.6 Å². The van der Waals surface area contributed by atoms with Gasteiger partial charge < -0.3 is 14.2 Å². The van der Waals surface area contributed by atoms with Crippen LogP contribution in [0.15, 0.2) is 0 Å². The molecule has 374 valence electrons. The first-order valence-corrected chi connectivity index (χ1v) is 28.3. The van der Waals surface area contributed by atoms with Gasteiger partial charge in [-0.3, -0.25) is 14.4 Å². The van der Waals surface area contributed by atoms with Crippen molar-refractivity contribution in [2.24, 2.45) is 11.8 Å². The predicted molar refractivity (Wildman–Crippen MR) is 270 cm³/mol. The van der Waals surface area contributed by atoms with Gasteiger partial charge in [0.25, 0.3) is 0 Å². The largest absolute Gasteiger partial charge is 0.462 e. The predicted octanol–water partition coefficient (Wildman–Crippen LogP) is 18.5. The first-order valence-electron chi connectivity index (χ1n) is 28.3. The van der Waals surface area contributed by atoms with E-state index in [0.29, 0.717) is 19.3 Å². The lowest BCUT2D eigenvalue weighted by Crippen LogP contribution is -2.30. The van der Waals surface area contributed by atoms with E-state index in [1.807, 2.05) is 0 Å². The first-order chi connectivity index (χ1) is 30.8. The van der Waals surface area contributed by atoms with E-state index in [1.54, 1.807) is 0 Å². The van der Waals surface area contributed by atoms with Crippen molar-refractivity contribution in [1.29, 1.82) is 0 Å². The highest BCUT2D eigenvalue weighted by molar-refractivity contribution is 5.71. The van der Waals surface area contributed by atoms with Gasteiger partial charge in [-0.25, -0.2) is 0 Å². The molecule has 6 nitrogen and oxygen atoms in total. The monoisotopic (exact) mass is 891 g/mol. The molecule has 0 saturated heterocycles. The van der Waals surface area contributed by atoms with Gasteiger partial charge in [-0.05, 0) is 31.1 Å². The summed E-state index contributed by atoms with van der Waals surface area (Å²) >= 11 is 0. The Bertz CT molecular complexity index is 964. The molecule has 2 atom stereocenters. The molecule has 0 spiro atoms. The van der Waals surface area contributed by atoms with Crippen molar-refractivity contribution in [2.45, 2.75) is 323 Å². The zero-order chi connectivity index (χ0) is 46.1. The van der Waals surface area contributed by atoms with Gasteiger partial charge in [0.2, 0.25) is 0 Å². The van der Waals surface area contributed by atoms with E-state index in [9.17, 15) is 14.4 Å². The smallest absolute Gasteiger partial charge is 0.306 e. The van der Waals surface area contributed by atoms with Crippen molar-refractivity contribution >= 4 is 17.9 Å². The molecule has 0 amide bonds. The Kier molecular flexibility index (Phi) is 48.6. The average molecular weight is 892 g/mol. The van der Waals surface area contributed by atoms with E-state index in [4.69, 9.17) is 14.2 Å². The Morgan fingerprint density at radius 1 is 0.333 bits per heavy atom. The second-order valence-corrected chi connectivity index (χ2v) is 20.3. The Balaban J connectivity index is 4.26. The molecule has 0 aliphatic rings. The Morgan fingerprint density at radius 2 is 0.603 bits per heavy atom. The van der Waals surface area contributed by atoms with Crippen molar-refractivity contribution in [3.8, 4) is 0 Å². The number of carbonyl (C=O) groups excluding carboxylic acids is 3. The summed E-state index contributed by atoms with van der Waals surface area (Å²) in [5.41, 5.74) is 0. The number of hydrogen-bond donors (Lipinski definition) is 0. The lowest BCUT2D eigenvalue weighted by Gasteiger charge is -2.18. The SMILES string of the molecule is CCCCCCCCCCCCCCCCCCCC(=O)OC[C@H](COC(=O)CCCCCCCCCC(C)C)OC(=O)CCCCCCCCCCCCCCCCC(C)CC. The third-order valence-electron chi connectivity index (χ3n) is 13.3. The van der Waals surface area contributed by atoms with E-state index in [-0.39, 0.29) is 31.1 Å². The van der Waals surface area contributed by atoms with Gasteiger partial charge in [0.05, 0.1) is 0 Å². The van der Waals surface area contributed by atoms with Gasteiger partial charge in [0.1, 0.15) is 13.2 Å². The summed E-state index contributed by atoms with van der Waals surface area (Å²) in [5, 5.41) is 0. The fourth-order valence-electron chi connectivity index (χ4n) is 8.66. The summed E-state index contributed by atoms with van der Waals surface area (Å²) in [6, 6.07) is 0. The zero-order valence-corrected chi connectivity index (χ0v) is 43.2. The molecule has 1 unspecified atom stereocenters. The number of carbonyl (C=O) groups is 3. The molecule has 6 heteroatoms. The van der Waals surface area contributed by atoms with Crippen LogP contribution in [-0.4, -0.2) is 37.2 Å². The molecule has 0 bridgehead atoms. The van der Waals surface area contributed by atoms with Crippen LogP contribution in [0.25, 0.3) is 0 Å². The van der Waals surface area contributed by atoms with Crippen LogP contribution in [0.2, 0.25) is 0 Å². The van der Waals surface area contributed by atoms with Gasteiger partial charge in [0.15, 0.2) is 6.10 Å². The van der Waals surface area contributed by atoms with E-state index in [1.165, 1.54) is 205 Å². The second kappa shape index (κ2) is 49.8. The van der Waals surface area contributed by atoms with Crippen molar-refractivity contribution in [3.63, 3.8) is 0 Å². The molecule has 0 aromatic carbocycles. The topological polar surface area (TPSA) is 78.9 Å². The van der Waals surface area contributed by atoms with Crippen LogP contribution in [0.3, 0.4) is 0 Å². The quantitative estimate of drug-likeness (QED) is 0.0344. The van der Waals surface area contributed by atoms with Crippen LogP contribution in [0.4, 0.5) is 0 Å². The number of esters is 3. The second-order valence-electron chi connectivity index (χ2n) is 20.3. The maximum atomic E-state index is 12.8. The molecule has 63 heavy (non-hydrogen) atoms. The van der Waals surface area contributed by atoms with Crippen LogP contribution in [0.5, 0.6) is 0 Å². The Hall–Kier alpha value is -1.59. The molecule has 0 aliphatic carbocycles. The standard InChI is InChI=1S/C57H110O6/c1-6-8-9-10-11-12-13-14-15-16-17-21-24-27-32-37-42-47-55(58)61-50-54(51-62-56(59)48-43-38-34-29-30-35-40-45-52(3)4)63-57(60)49-44-39-33-28-25-22-19-18-20-23-26-31-36-41-46-53(5)7-2/h52-54H,6-51H2,1-5H3/t53?,54-/m1/s1. The molecule has 0 N–H and O–H groups in total. The molecule has 0 aromatic rings. The Labute approximate surface area is 393 Å². The highest BCUT2D eigenvalue weighted by Gasteiger charge is 2.19. The number of unbranched alkanes of at least 4 members (excludes halogenated alkanes) is 35. The minimum absolute atomic E-state index is 0.0635. The maximum absolute atomic E-state index is 12.8. The molecule has 0 fully saturated rings. The summed E-state index contributed by atoms with van der Waals surface area (Å²) in [5.74, 6) is 0.831. The highest BCUT2D eigenvalue weighted by Crippen LogP contribution is 2.18. The number of hydrogen-bond acceptors (Lipinski definition) is 6. The molecule has 0 aromatic heterocycles. The number of rotatable bonds is 51. The Morgan fingerprint density at radius 3 is 0.905 bits per heavy atom. The minimum atomic E-state index is -0.763. The summed E-state index contributed by atoms with van der Waals surface area (Å²) in [7, 11) is 0. The molecular formula is C57H110O6. The van der Waals surface area contributed by atoms with Gasteiger partial charge in [-0.2, -0.15) is 0 Å². The van der Waals surface area contributed by atoms with Crippen LogP contribution in [0.1, 0.15) is 317 Å². The fraction of sp³-hybridized carbons (Fsp3) is 0.947. The summed E-state index contributed by atoms with van der Waals surface area (Å²) in [6.45, 7) is 11.4. The zero-order valence-electron chi connectivity index (χ0n) is 43.2. The highest BCUT2D eigenvalue weighted by atomic mass is 16.6. The molecule has 0 heterocycles. The van der Waals surface area contributed by atoms with Crippen LogP contribution in [0, 0.1) is 11.8 Å². The summed E-state index contributed by atoms with van der Waals surface area (Å²) in [6.07, 6.45) is 52.4.